The zero-order chi connectivity index (χ0) is 13.8. The molecule has 98 valence electrons. The Bertz CT molecular complexity index is 596. The van der Waals surface area contributed by atoms with Crippen LogP contribution in [-0.2, 0) is 6.54 Å². The highest BCUT2D eigenvalue weighted by Gasteiger charge is 2.08. The molecule has 0 spiro atoms. The number of carbonyl (C=O) groups is 1. The molecule has 0 aliphatic rings. The van der Waals surface area contributed by atoms with Gasteiger partial charge >= 0.3 is 0 Å². The van der Waals surface area contributed by atoms with Crippen LogP contribution >= 0.6 is 15.9 Å². The van der Waals surface area contributed by atoms with Crippen molar-refractivity contribution in [2.75, 3.05) is 5.73 Å². The highest BCUT2D eigenvalue weighted by Crippen LogP contribution is 2.15. The van der Waals surface area contributed by atoms with Crippen LogP contribution in [0.25, 0.3) is 0 Å². The molecule has 1 amide bonds. The van der Waals surface area contributed by atoms with E-state index in [0.717, 1.165) is 5.56 Å². The first-order valence-corrected chi connectivity index (χ1v) is 6.42. The first-order chi connectivity index (χ1) is 9.04. The summed E-state index contributed by atoms with van der Waals surface area (Å²) in [5, 5.41) is 2.71. The van der Waals surface area contributed by atoms with Gasteiger partial charge in [-0.05, 0) is 35.9 Å². The quantitative estimate of drug-likeness (QED) is 0.853. The third-order valence-corrected chi connectivity index (χ3v) is 2.99. The van der Waals surface area contributed by atoms with Gasteiger partial charge in [0.15, 0.2) is 0 Å². The first kappa shape index (κ1) is 13.5. The number of nitrogens with one attached hydrogen (secondary N) is 1. The summed E-state index contributed by atoms with van der Waals surface area (Å²) in [4.78, 5) is 11.9. The molecule has 5 heteroatoms. The topological polar surface area (TPSA) is 55.1 Å². The molecule has 2 rings (SSSR count). The summed E-state index contributed by atoms with van der Waals surface area (Å²) in [6, 6.07) is 11.3. The molecule has 0 fully saturated rings. The Balaban J connectivity index is 2.05. The molecule has 0 saturated heterocycles. The maximum absolute atomic E-state index is 13.2. The Morgan fingerprint density at radius 3 is 2.74 bits per heavy atom. The molecule has 0 atom stereocenters. The predicted octanol–water partition coefficient (Wildman–Crippen LogP) is 3.10. The van der Waals surface area contributed by atoms with E-state index in [-0.39, 0.29) is 11.5 Å². The summed E-state index contributed by atoms with van der Waals surface area (Å²) >= 11 is 3.15. The summed E-state index contributed by atoms with van der Waals surface area (Å²) in [5.41, 5.74) is 7.45. The van der Waals surface area contributed by atoms with Crippen molar-refractivity contribution in [1.82, 2.24) is 5.32 Å². The van der Waals surface area contributed by atoms with E-state index < -0.39 is 5.82 Å². The van der Waals surface area contributed by atoms with Gasteiger partial charge in [0.2, 0.25) is 0 Å². The van der Waals surface area contributed by atoms with Crippen molar-refractivity contribution >= 4 is 27.5 Å². The summed E-state index contributed by atoms with van der Waals surface area (Å²) in [6.07, 6.45) is 0. The number of hydrogen-bond donors (Lipinski definition) is 2. The number of halogens is 2. The maximum atomic E-state index is 13.2. The Morgan fingerprint density at radius 2 is 2.05 bits per heavy atom. The van der Waals surface area contributed by atoms with E-state index in [4.69, 9.17) is 5.73 Å². The number of nitrogens with two attached hydrogens (primary N) is 1. The molecule has 0 aliphatic heterocycles. The number of hydrogen-bond acceptors (Lipinski definition) is 2. The fourth-order valence-corrected chi connectivity index (χ4v) is 2.14. The van der Waals surface area contributed by atoms with Crippen molar-refractivity contribution in [3.63, 3.8) is 0 Å². The van der Waals surface area contributed by atoms with E-state index in [0.29, 0.717) is 16.7 Å². The van der Waals surface area contributed by atoms with Crippen molar-refractivity contribution in [2.45, 2.75) is 6.54 Å². The van der Waals surface area contributed by atoms with Crippen LogP contribution in [0.15, 0.2) is 46.9 Å². The molecule has 0 unspecified atom stereocenters. The highest BCUT2D eigenvalue weighted by molar-refractivity contribution is 9.10. The van der Waals surface area contributed by atoms with E-state index in [1.807, 2.05) is 12.1 Å². The predicted molar refractivity (Wildman–Crippen MR) is 76.1 cm³/mol. The average molecular weight is 323 g/mol. The molecule has 3 N–H and O–H groups in total. The first-order valence-electron chi connectivity index (χ1n) is 5.63. The molecule has 0 bridgehead atoms. The molecule has 2 aromatic rings. The van der Waals surface area contributed by atoms with Crippen LogP contribution in [0.1, 0.15) is 15.9 Å². The van der Waals surface area contributed by atoms with Crippen LogP contribution in [0, 0.1) is 5.82 Å². The lowest BCUT2D eigenvalue weighted by Gasteiger charge is -2.06. The maximum Gasteiger partial charge on any atom is 0.251 e. The van der Waals surface area contributed by atoms with Gasteiger partial charge in [-0.25, -0.2) is 4.39 Å². The second-order valence-electron chi connectivity index (χ2n) is 4.09. The Hall–Kier alpha value is -1.88. The molecule has 19 heavy (non-hydrogen) atoms. The monoisotopic (exact) mass is 322 g/mol. The van der Waals surface area contributed by atoms with Crippen LogP contribution in [0.3, 0.4) is 0 Å². The molecule has 0 aliphatic carbocycles. The number of rotatable bonds is 3. The zero-order valence-electron chi connectivity index (χ0n) is 9.99. The Labute approximate surface area is 118 Å². The Kier molecular flexibility index (Phi) is 4.16. The van der Waals surface area contributed by atoms with Gasteiger partial charge in [0.1, 0.15) is 5.82 Å². The SMILES string of the molecule is Nc1cccc(CNC(=O)c2cc(F)cc(Br)c2)c1. The highest BCUT2D eigenvalue weighted by atomic mass is 79.9. The third kappa shape index (κ3) is 3.79. The summed E-state index contributed by atoms with van der Waals surface area (Å²) in [6.45, 7) is 0.345. The van der Waals surface area contributed by atoms with Crippen LogP contribution in [0.5, 0.6) is 0 Å². The second kappa shape index (κ2) is 5.84. The van der Waals surface area contributed by atoms with Crippen molar-refractivity contribution in [3.8, 4) is 0 Å². The zero-order valence-corrected chi connectivity index (χ0v) is 11.6. The Morgan fingerprint density at radius 1 is 1.26 bits per heavy atom. The van der Waals surface area contributed by atoms with Gasteiger partial charge in [-0.3, -0.25) is 4.79 Å². The van der Waals surface area contributed by atoms with Crippen molar-refractivity contribution in [1.29, 1.82) is 0 Å². The van der Waals surface area contributed by atoms with E-state index >= 15 is 0 Å². The molecule has 0 saturated carbocycles. The third-order valence-electron chi connectivity index (χ3n) is 2.53. The number of carbonyl (C=O) groups excluding carboxylic acids is 1. The fourth-order valence-electron chi connectivity index (χ4n) is 1.67. The van der Waals surface area contributed by atoms with Crippen LogP contribution in [-0.4, -0.2) is 5.91 Å². The van der Waals surface area contributed by atoms with Crippen molar-refractivity contribution in [3.05, 3.63) is 63.9 Å². The molecule has 3 nitrogen and oxygen atoms in total. The molecule has 0 heterocycles. The van der Waals surface area contributed by atoms with Crippen molar-refractivity contribution in [2.24, 2.45) is 0 Å². The van der Waals surface area contributed by atoms with E-state index in [1.54, 1.807) is 18.2 Å². The van der Waals surface area contributed by atoms with Gasteiger partial charge in [-0.15, -0.1) is 0 Å². The van der Waals surface area contributed by atoms with E-state index in [9.17, 15) is 9.18 Å². The lowest BCUT2D eigenvalue weighted by atomic mass is 10.2. The summed E-state index contributed by atoms with van der Waals surface area (Å²) < 4.78 is 13.7. The molecule has 2 aromatic carbocycles. The largest absolute Gasteiger partial charge is 0.399 e. The lowest BCUT2D eigenvalue weighted by Crippen LogP contribution is -2.22. The van der Waals surface area contributed by atoms with Gasteiger partial charge in [0.25, 0.3) is 5.91 Å². The van der Waals surface area contributed by atoms with Crippen molar-refractivity contribution < 1.29 is 9.18 Å². The second-order valence-corrected chi connectivity index (χ2v) is 5.00. The fraction of sp³-hybridized carbons (Fsp3) is 0.0714. The van der Waals surface area contributed by atoms with Gasteiger partial charge in [-0.2, -0.15) is 0 Å². The standard InChI is InChI=1S/C14H12BrFN2O/c15-11-5-10(6-12(16)7-11)14(19)18-8-9-2-1-3-13(17)4-9/h1-7H,8,17H2,(H,18,19). The van der Waals surface area contributed by atoms with Gasteiger partial charge in [0.05, 0.1) is 0 Å². The van der Waals surface area contributed by atoms with E-state index in [1.165, 1.54) is 12.1 Å². The number of benzene rings is 2. The van der Waals surface area contributed by atoms with Crippen LogP contribution in [0.4, 0.5) is 10.1 Å². The lowest BCUT2D eigenvalue weighted by molar-refractivity contribution is 0.0950. The number of amides is 1. The minimum absolute atomic E-state index is 0.274. The van der Waals surface area contributed by atoms with Crippen LogP contribution < -0.4 is 11.1 Å². The van der Waals surface area contributed by atoms with Gasteiger partial charge in [0, 0.05) is 22.3 Å². The normalized spacial score (nSPS) is 10.2. The molecular formula is C14H12BrFN2O. The van der Waals surface area contributed by atoms with E-state index in [2.05, 4.69) is 21.2 Å². The minimum atomic E-state index is -0.455. The molecule has 0 radical (unpaired) electrons. The summed E-state index contributed by atoms with van der Waals surface area (Å²) in [5.74, 6) is -0.786. The number of nitrogen functional groups attached to an aromatic ring is 1. The van der Waals surface area contributed by atoms with Gasteiger partial charge < -0.3 is 11.1 Å². The van der Waals surface area contributed by atoms with Crippen LogP contribution in [0.2, 0.25) is 0 Å². The minimum Gasteiger partial charge on any atom is -0.399 e. The average Bonchev–Trinajstić information content (AvgIpc) is 2.35. The molecule has 0 aromatic heterocycles. The smallest absolute Gasteiger partial charge is 0.251 e. The molecular weight excluding hydrogens is 311 g/mol. The summed E-state index contributed by atoms with van der Waals surface area (Å²) in [7, 11) is 0. The van der Waals surface area contributed by atoms with Gasteiger partial charge in [-0.1, -0.05) is 28.1 Å². The number of anilines is 1.